The Bertz CT molecular complexity index is 177. The Balaban J connectivity index is 0.00000169. The Labute approximate surface area is 91.8 Å². The first-order chi connectivity index (χ1) is 6.13. The average Bonchev–Trinajstić information content (AvgIpc) is 2.03. The van der Waals surface area contributed by atoms with Gasteiger partial charge in [0.2, 0.25) is 0 Å². The number of hydrogen-bond acceptors (Lipinski definition) is 3. The second-order valence-corrected chi connectivity index (χ2v) is 4.02. The Kier molecular flexibility index (Phi) is 6.12. The third-order valence-electron chi connectivity index (χ3n) is 2.60. The molecule has 1 aliphatic carbocycles. The molecule has 0 aromatic rings. The van der Waals surface area contributed by atoms with Crippen LogP contribution in [0.1, 0.15) is 33.1 Å². The van der Waals surface area contributed by atoms with Gasteiger partial charge >= 0.3 is 5.97 Å². The Morgan fingerprint density at radius 2 is 2.07 bits per heavy atom. The molecule has 2 N–H and O–H groups in total. The van der Waals surface area contributed by atoms with Crippen molar-refractivity contribution in [2.45, 2.75) is 39.2 Å². The van der Waals surface area contributed by atoms with Crippen LogP contribution >= 0.6 is 12.4 Å². The number of carbonyl (C=O) groups is 1. The van der Waals surface area contributed by atoms with Crippen LogP contribution in [0, 0.1) is 11.8 Å². The molecule has 0 heterocycles. The van der Waals surface area contributed by atoms with Gasteiger partial charge in [0, 0.05) is 6.04 Å². The van der Waals surface area contributed by atoms with E-state index in [9.17, 15) is 4.79 Å². The first kappa shape index (κ1) is 13.7. The summed E-state index contributed by atoms with van der Waals surface area (Å²) in [4.78, 5) is 11.4. The van der Waals surface area contributed by atoms with E-state index in [4.69, 9.17) is 10.5 Å². The van der Waals surface area contributed by atoms with Crippen LogP contribution in [-0.2, 0) is 9.53 Å². The van der Waals surface area contributed by atoms with Crippen LogP contribution in [0.4, 0.5) is 0 Å². The molecule has 1 aliphatic rings. The van der Waals surface area contributed by atoms with Crippen LogP contribution in [0.3, 0.4) is 0 Å². The van der Waals surface area contributed by atoms with Gasteiger partial charge in [-0.1, -0.05) is 6.92 Å². The highest BCUT2D eigenvalue weighted by atomic mass is 35.5. The molecule has 1 fully saturated rings. The lowest BCUT2D eigenvalue weighted by atomic mass is 9.80. The minimum Gasteiger partial charge on any atom is -0.466 e. The number of esters is 1. The lowest BCUT2D eigenvalue weighted by molar-refractivity contribution is -0.149. The van der Waals surface area contributed by atoms with Crippen molar-refractivity contribution in [2.75, 3.05) is 6.61 Å². The number of halogens is 1. The fourth-order valence-electron chi connectivity index (χ4n) is 2.11. The first-order valence-electron chi connectivity index (χ1n) is 5.05. The molecule has 0 amide bonds. The summed E-state index contributed by atoms with van der Waals surface area (Å²) in [6.45, 7) is 4.45. The van der Waals surface area contributed by atoms with Gasteiger partial charge < -0.3 is 10.5 Å². The maximum atomic E-state index is 11.4. The van der Waals surface area contributed by atoms with Gasteiger partial charge in [-0.3, -0.25) is 4.79 Å². The molecule has 0 aromatic carbocycles. The van der Waals surface area contributed by atoms with E-state index >= 15 is 0 Å². The smallest absolute Gasteiger partial charge is 0.308 e. The Morgan fingerprint density at radius 3 is 2.57 bits per heavy atom. The van der Waals surface area contributed by atoms with E-state index in [0.29, 0.717) is 12.5 Å². The summed E-state index contributed by atoms with van der Waals surface area (Å²) in [6, 6.07) is 0.179. The van der Waals surface area contributed by atoms with Gasteiger partial charge in [0.05, 0.1) is 12.5 Å². The highest BCUT2D eigenvalue weighted by Gasteiger charge is 2.29. The van der Waals surface area contributed by atoms with E-state index in [0.717, 1.165) is 19.3 Å². The molecule has 0 bridgehead atoms. The molecule has 3 atom stereocenters. The highest BCUT2D eigenvalue weighted by Crippen LogP contribution is 2.28. The maximum absolute atomic E-state index is 11.4. The Hall–Kier alpha value is -0.280. The summed E-state index contributed by atoms with van der Waals surface area (Å²) < 4.78 is 4.98. The normalized spacial score (nSPS) is 31.8. The first-order valence-corrected chi connectivity index (χ1v) is 5.05. The SMILES string of the molecule is CCOC(=O)[C@@H]1C[C@H](C)C[C@@H](N)C1.Cl. The van der Waals surface area contributed by atoms with Crippen molar-refractivity contribution in [2.24, 2.45) is 17.6 Å². The maximum Gasteiger partial charge on any atom is 0.308 e. The van der Waals surface area contributed by atoms with Crippen LogP contribution in [0.5, 0.6) is 0 Å². The van der Waals surface area contributed by atoms with Gasteiger partial charge in [0.15, 0.2) is 0 Å². The van der Waals surface area contributed by atoms with Gasteiger partial charge in [-0.05, 0) is 32.1 Å². The minimum absolute atomic E-state index is 0. The van der Waals surface area contributed by atoms with E-state index < -0.39 is 0 Å². The van der Waals surface area contributed by atoms with Gasteiger partial charge in [0.1, 0.15) is 0 Å². The predicted molar refractivity (Wildman–Crippen MR) is 58.4 cm³/mol. The number of carbonyl (C=O) groups excluding carboxylic acids is 1. The van der Waals surface area contributed by atoms with Crippen molar-refractivity contribution in [3.05, 3.63) is 0 Å². The zero-order valence-electron chi connectivity index (χ0n) is 8.86. The molecular formula is C10H20ClNO2. The lowest BCUT2D eigenvalue weighted by Gasteiger charge is -2.29. The summed E-state index contributed by atoms with van der Waals surface area (Å²) >= 11 is 0. The molecule has 0 unspecified atom stereocenters. The van der Waals surface area contributed by atoms with Gasteiger partial charge in [0.25, 0.3) is 0 Å². The van der Waals surface area contributed by atoms with E-state index in [1.54, 1.807) is 0 Å². The quantitative estimate of drug-likeness (QED) is 0.723. The fourth-order valence-corrected chi connectivity index (χ4v) is 2.11. The zero-order chi connectivity index (χ0) is 9.84. The third-order valence-corrected chi connectivity index (χ3v) is 2.60. The number of ether oxygens (including phenoxy) is 1. The van der Waals surface area contributed by atoms with Crippen molar-refractivity contribution in [3.8, 4) is 0 Å². The molecule has 0 radical (unpaired) electrons. The molecule has 14 heavy (non-hydrogen) atoms. The summed E-state index contributed by atoms with van der Waals surface area (Å²) in [6.07, 6.45) is 2.77. The molecule has 0 aromatic heterocycles. The topological polar surface area (TPSA) is 52.3 Å². The van der Waals surface area contributed by atoms with Crippen LogP contribution < -0.4 is 5.73 Å². The van der Waals surface area contributed by atoms with Crippen molar-refractivity contribution in [1.82, 2.24) is 0 Å². The van der Waals surface area contributed by atoms with Crippen LogP contribution in [-0.4, -0.2) is 18.6 Å². The Morgan fingerprint density at radius 1 is 1.43 bits per heavy atom. The molecule has 84 valence electrons. The fraction of sp³-hybridized carbons (Fsp3) is 0.900. The van der Waals surface area contributed by atoms with E-state index in [1.165, 1.54) is 0 Å². The number of rotatable bonds is 2. The standard InChI is InChI=1S/C10H19NO2.ClH/c1-3-13-10(12)8-4-7(2)5-9(11)6-8;/h7-9H,3-6,11H2,1-2H3;1H/t7-,8+,9+;/m0./s1. The van der Waals surface area contributed by atoms with Crippen molar-refractivity contribution < 1.29 is 9.53 Å². The zero-order valence-corrected chi connectivity index (χ0v) is 9.68. The molecule has 0 saturated heterocycles. The predicted octanol–water partition coefficient (Wildman–Crippen LogP) is 1.73. The molecule has 1 rings (SSSR count). The number of nitrogens with two attached hydrogens (primary N) is 1. The van der Waals surface area contributed by atoms with E-state index in [1.807, 2.05) is 6.92 Å². The van der Waals surface area contributed by atoms with Crippen LogP contribution in [0.15, 0.2) is 0 Å². The van der Waals surface area contributed by atoms with Crippen molar-refractivity contribution >= 4 is 18.4 Å². The average molecular weight is 222 g/mol. The molecule has 1 saturated carbocycles. The summed E-state index contributed by atoms with van der Waals surface area (Å²) in [7, 11) is 0. The van der Waals surface area contributed by atoms with Crippen molar-refractivity contribution in [3.63, 3.8) is 0 Å². The molecule has 0 spiro atoms. The van der Waals surface area contributed by atoms with Crippen LogP contribution in [0.25, 0.3) is 0 Å². The highest BCUT2D eigenvalue weighted by molar-refractivity contribution is 5.85. The minimum atomic E-state index is -0.0653. The van der Waals surface area contributed by atoms with Gasteiger partial charge in [-0.2, -0.15) is 0 Å². The molecule has 4 heteroatoms. The third kappa shape index (κ3) is 3.84. The second-order valence-electron chi connectivity index (χ2n) is 4.02. The van der Waals surface area contributed by atoms with Crippen LogP contribution in [0.2, 0.25) is 0 Å². The summed E-state index contributed by atoms with van der Waals surface area (Å²) in [5.74, 6) is 0.529. The lowest BCUT2D eigenvalue weighted by Crippen LogP contribution is -2.35. The number of hydrogen-bond donors (Lipinski definition) is 1. The van der Waals surface area contributed by atoms with E-state index in [2.05, 4.69) is 6.92 Å². The molecule has 0 aliphatic heterocycles. The summed E-state index contributed by atoms with van der Waals surface area (Å²) in [5, 5.41) is 0. The van der Waals surface area contributed by atoms with Gasteiger partial charge in [-0.25, -0.2) is 0 Å². The molecular weight excluding hydrogens is 202 g/mol. The largest absolute Gasteiger partial charge is 0.466 e. The monoisotopic (exact) mass is 221 g/mol. The van der Waals surface area contributed by atoms with Gasteiger partial charge in [-0.15, -0.1) is 12.4 Å². The van der Waals surface area contributed by atoms with Crippen molar-refractivity contribution in [1.29, 1.82) is 0 Å². The molecule has 3 nitrogen and oxygen atoms in total. The van der Waals surface area contributed by atoms with E-state index in [-0.39, 0.29) is 30.3 Å². The second kappa shape index (κ2) is 6.25. The summed E-state index contributed by atoms with van der Waals surface area (Å²) in [5.41, 5.74) is 5.84.